The third-order valence-electron chi connectivity index (χ3n) is 2.44. The van der Waals surface area contributed by atoms with Gasteiger partial charge in [0.25, 0.3) is 0 Å². The molecular formula is C11H17FNO4-. The predicted molar refractivity (Wildman–Crippen MR) is 55.9 cm³/mol. The van der Waals surface area contributed by atoms with E-state index in [0.29, 0.717) is 0 Å². The first-order chi connectivity index (χ1) is 7.70. The van der Waals surface area contributed by atoms with Gasteiger partial charge < -0.3 is 14.6 Å². The van der Waals surface area contributed by atoms with Crippen molar-refractivity contribution in [2.24, 2.45) is 0 Å². The molecule has 5 nitrogen and oxygen atoms in total. The van der Waals surface area contributed by atoms with Gasteiger partial charge in [0.1, 0.15) is 11.8 Å². The molecule has 1 saturated heterocycles. The molecule has 2 atom stereocenters. The molecule has 1 amide bonds. The number of rotatable bonds is 1. The number of carbonyl (C=O) groups excluding carboxylic acids is 2. The third kappa shape index (κ3) is 3.87. The van der Waals surface area contributed by atoms with Crippen LogP contribution in [0.1, 0.15) is 33.6 Å². The summed E-state index contributed by atoms with van der Waals surface area (Å²) in [6.07, 6.45) is -2.06. The molecule has 0 aromatic carbocycles. The summed E-state index contributed by atoms with van der Waals surface area (Å²) in [4.78, 5) is 23.6. The van der Waals surface area contributed by atoms with Gasteiger partial charge in [0, 0.05) is 13.0 Å². The number of aliphatic carboxylic acids is 1. The van der Waals surface area contributed by atoms with Crippen LogP contribution < -0.4 is 5.11 Å². The van der Waals surface area contributed by atoms with Crippen molar-refractivity contribution in [2.75, 3.05) is 6.54 Å². The number of carbonyl (C=O) groups is 2. The maximum atomic E-state index is 13.1. The topological polar surface area (TPSA) is 69.7 Å². The molecule has 1 fully saturated rings. The van der Waals surface area contributed by atoms with Crippen LogP contribution in [0.15, 0.2) is 0 Å². The number of likely N-dealkylation sites (tertiary alicyclic amines) is 1. The fourth-order valence-corrected chi connectivity index (χ4v) is 1.68. The molecule has 0 aliphatic carbocycles. The standard InChI is InChI=1S/C11H18FNO4/c1-11(2,3)17-10(16)13-5-4-7(12)6-8(13)9(14)15/h7-8H,4-6H2,1-3H3,(H,14,15)/p-1/t7-,8-/m0/s1. The number of halogens is 1. The second-order valence-corrected chi connectivity index (χ2v) is 5.13. The van der Waals surface area contributed by atoms with E-state index in [-0.39, 0.29) is 19.4 Å². The summed E-state index contributed by atoms with van der Waals surface area (Å²) in [5.74, 6) is -1.45. The van der Waals surface area contributed by atoms with E-state index in [0.717, 1.165) is 4.90 Å². The Bertz CT molecular complexity index is 313. The lowest BCUT2D eigenvalue weighted by molar-refractivity contribution is -0.312. The van der Waals surface area contributed by atoms with E-state index in [9.17, 15) is 19.1 Å². The highest BCUT2D eigenvalue weighted by molar-refractivity contribution is 5.79. The fourth-order valence-electron chi connectivity index (χ4n) is 1.68. The van der Waals surface area contributed by atoms with E-state index in [1.54, 1.807) is 20.8 Å². The minimum absolute atomic E-state index is 0.0364. The van der Waals surface area contributed by atoms with Gasteiger partial charge in [-0.2, -0.15) is 0 Å². The van der Waals surface area contributed by atoms with Crippen molar-refractivity contribution in [3.63, 3.8) is 0 Å². The Hall–Kier alpha value is -1.33. The zero-order valence-electron chi connectivity index (χ0n) is 10.2. The Morgan fingerprint density at radius 3 is 2.47 bits per heavy atom. The van der Waals surface area contributed by atoms with Crippen LogP contribution in [0.25, 0.3) is 0 Å². The van der Waals surface area contributed by atoms with Gasteiger partial charge in [-0.15, -0.1) is 0 Å². The molecule has 0 aromatic rings. The van der Waals surface area contributed by atoms with E-state index in [1.165, 1.54) is 0 Å². The highest BCUT2D eigenvalue weighted by Crippen LogP contribution is 2.22. The Balaban J connectivity index is 2.73. The maximum Gasteiger partial charge on any atom is 0.410 e. The second-order valence-electron chi connectivity index (χ2n) is 5.13. The van der Waals surface area contributed by atoms with Crippen LogP contribution >= 0.6 is 0 Å². The number of carboxylic acids is 1. The molecule has 0 spiro atoms. The molecule has 1 aliphatic heterocycles. The van der Waals surface area contributed by atoms with Crippen LogP contribution in [-0.2, 0) is 9.53 Å². The summed E-state index contributed by atoms with van der Waals surface area (Å²) in [7, 11) is 0. The third-order valence-corrected chi connectivity index (χ3v) is 2.44. The normalized spacial score (nSPS) is 25.5. The average Bonchev–Trinajstić information content (AvgIpc) is 2.14. The average molecular weight is 246 g/mol. The molecule has 0 unspecified atom stereocenters. The molecule has 17 heavy (non-hydrogen) atoms. The molecular weight excluding hydrogens is 229 g/mol. The molecule has 1 aliphatic rings. The van der Waals surface area contributed by atoms with Crippen LogP contribution in [0.4, 0.5) is 9.18 Å². The van der Waals surface area contributed by atoms with E-state index in [1.807, 2.05) is 0 Å². The van der Waals surface area contributed by atoms with Gasteiger partial charge in [0.15, 0.2) is 0 Å². The van der Waals surface area contributed by atoms with Gasteiger partial charge in [-0.3, -0.25) is 4.90 Å². The lowest BCUT2D eigenvalue weighted by atomic mass is 10.0. The summed E-state index contributed by atoms with van der Waals surface area (Å²) in [6.45, 7) is 5.08. The van der Waals surface area contributed by atoms with Gasteiger partial charge in [-0.05, 0) is 27.2 Å². The molecule has 0 bridgehead atoms. The van der Waals surface area contributed by atoms with E-state index in [2.05, 4.69) is 0 Å². The first-order valence-corrected chi connectivity index (χ1v) is 5.55. The first kappa shape index (κ1) is 13.7. The van der Waals surface area contributed by atoms with Crippen molar-refractivity contribution in [3.05, 3.63) is 0 Å². The van der Waals surface area contributed by atoms with Crippen LogP contribution in [0.3, 0.4) is 0 Å². The van der Waals surface area contributed by atoms with Crippen molar-refractivity contribution in [1.29, 1.82) is 0 Å². The molecule has 1 rings (SSSR count). The van der Waals surface area contributed by atoms with E-state index >= 15 is 0 Å². The fraction of sp³-hybridized carbons (Fsp3) is 0.818. The second kappa shape index (κ2) is 4.89. The van der Waals surface area contributed by atoms with E-state index < -0.39 is 29.9 Å². The minimum atomic E-state index is -1.45. The largest absolute Gasteiger partial charge is 0.548 e. The van der Waals surface area contributed by atoms with Crippen molar-refractivity contribution in [1.82, 2.24) is 4.90 Å². The number of amides is 1. The zero-order valence-corrected chi connectivity index (χ0v) is 10.2. The molecule has 1 heterocycles. The maximum absolute atomic E-state index is 13.1. The lowest BCUT2D eigenvalue weighted by Gasteiger charge is -2.38. The van der Waals surface area contributed by atoms with Gasteiger partial charge in [-0.1, -0.05) is 0 Å². The quantitative estimate of drug-likeness (QED) is 0.674. The van der Waals surface area contributed by atoms with Gasteiger partial charge in [0.2, 0.25) is 0 Å². The predicted octanol–water partition coefficient (Wildman–Crippen LogP) is 0.474. The number of piperidine rings is 1. The number of alkyl halides is 1. The number of nitrogens with zero attached hydrogens (tertiary/aromatic N) is 1. The van der Waals surface area contributed by atoms with Crippen LogP contribution in [-0.4, -0.2) is 41.3 Å². The summed E-state index contributed by atoms with van der Waals surface area (Å²) in [6, 6.07) is -1.24. The van der Waals surface area contributed by atoms with E-state index in [4.69, 9.17) is 4.74 Å². The number of hydrogen-bond donors (Lipinski definition) is 0. The molecule has 6 heteroatoms. The van der Waals surface area contributed by atoms with Gasteiger partial charge in [-0.25, -0.2) is 9.18 Å². The minimum Gasteiger partial charge on any atom is -0.548 e. The molecule has 0 aromatic heterocycles. The van der Waals surface area contributed by atoms with Crippen molar-refractivity contribution in [2.45, 2.75) is 51.4 Å². The molecule has 0 saturated carbocycles. The molecule has 0 N–H and O–H groups in total. The first-order valence-electron chi connectivity index (χ1n) is 5.55. The van der Waals surface area contributed by atoms with Crippen LogP contribution in [0.2, 0.25) is 0 Å². The summed E-state index contributed by atoms with van der Waals surface area (Å²) < 4.78 is 18.2. The van der Waals surface area contributed by atoms with Crippen molar-refractivity contribution in [3.8, 4) is 0 Å². The van der Waals surface area contributed by atoms with Gasteiger partial charge in [0.05, 0.1) is 12.0 Å². The molecule has 98 valence electrons. The number of ether oxygens (including phenoxy) is 1. The highest BCUT2D eigenvalue weighted by atomic mass is 19.1. The highest BCUT2D eigenvalue weighted by Gasteiger charge is 2.34. The Morgan fingerprint density at radius 2 is 2.00 bits per heavy atom. The monoisotopic (exact) mass is 246 g/mol. The van der Waals surface area contributed by atoms with Crippen LogP contribution in [0, 0.1) is 0 Å². The summed E-state index contributed by atoms with van der Waals surface area (Å²) in [5, 5.41) is 10.9. The molecule has 0 radical (unpaired) electrons. The Kier molecular flexibility index (Phi) is 3.95. The smallest absolute Gasteiger partial charge is 0.410 e. The Labute approximate surface area is 99.5 Å². The van der Waals surface area contributed by atoms with Crippen molar-refractivity contribution < 1.29 is 23.8 Å². The van der Waals surface area contributed by atoms with Crippen LogP contribution in [0.5, 0.6) is 0 Å². The zero-order chi connectivity index (χ0) is 13.2. The van der Waals surface area contributed by atoms with Gasteiger partial charge >= 0.3 is 6.09 Å². The Morgan fingerprint density at radius 1 is 1.41 bits per heavy atom. The number of hydrogen-bond acceptors (Lipinski definition) is 4. The SMILES string of the molecule is CC(C)(C)OC(=O)N1CC[C@H](F)C[C@H]1C(=O)[O-]. The number of carboxylic acid groups (broad SMARTS) is 1. The summed E-state index contributed by atoms with van der Waals surface area (Å²) >= 11 is 0. The summed E-state index contributed by atoms with van der Waals surface area (Å²) in [5.41, 5.74) is -0.708. The van der Waals surface area contributed by atoms with Crippen molar-refractivity contribution >= 4 is 12.1 Å². The lowest BCUT2D eigenvalue weighted by Crippen LogP contribution is -2.55.